The van der Waals surface area contributed by atoms with Gasteiger partial charge in [0, 0.05) is 11.6 Å². The molecule has 0 saturated carbocycles. The van der Waals surface area contributed by atoms with Gasteiger partial charge >= 0.3 is 0 Å². The summed E-state index contributed by atoms with van der Waals surface area (Å²) in [6.45, 7) is 2.50. The van der Waals surface area contributed by atoms with Gasteiger partial charge in [-0.3, -0.25) is 0 Å². The van der Waals surface area contributed by atoms with Crippen LogP contribution in [0, 0.1) is 6.92 Å². The van der Waals surface area contributed by atoms with Crippen molar-refractivity contribution in [3.63, 3.8) is 0 Å². The van der Waals surface area contributed by atoms with E-state index in [4.69, 9.17) is 22.1 Å². The van der Waals surface area contributed by atoms with Crippen LogP contribution < -0.4 is 10.5 Å². The third kappa shape index (κ3) is 3.05. The van der Waals surface area contributed by atoms with Crippen LogP contribution in [0.4, 0.5) is 0 Å². The first-order valence-electron chi connectivity index (χ1n) is 5.52. The molecular formula is C14H13BrClNO. The molecule has 0 unspecified atom stereocenters. The average Bonchev–Trinajstić information content (AvgIpc) is 2.35. The van der Waals surface area contributed by atoms with E-state index in [-0.39, 0.29) is 0 Å². The lowest BCUT2D eigenvalue weighted by Gasteiger charge is -2.11. The molecule has 0 aliphatic rings. The fourth-order valence-electron chi connectivity index (χ4n) is 1.56. The Morgan fingerprint density at radius 3 is 2.61 bits per heavy atom. The molecule has 18 heavy (non-hydrogen) atoms. The number of hydrogen-bond acceptors (Lipinski definition) is 2. The van der Waals surface area contributed by atoms with Crippen LogP contribution >= 0.6 is 27.5 Å². The predicted molar refractivity (Wildman–Crippen MR) is 78.3 cm³/mol. The fraction of sp³-hybridized carbons (Fsp3) is 0.143. The molecule has 2 aromatic carbocycles. The topological polar surface area (TPSA) is 35.2 Å². The van der Waals surface area contributed by atoms with Crippen molar-refractivity contribution in [1.82, 2.24) is 0 Å². The van der Waals surface area contributed by atoms with Gasteiger partial charge in [-0.25, -0.2) is 0 Å². The Bertz CT molecular complexity index is 572. The summed E-state index contributed by atoms with van der Waals surface area (Å²) in [7, 11) is 0. The minimum absolute atomic E-state index is 0.498. The third-order valence-electron chi connectivity index (χ3n) is 2.60. The molecule has 2 aromatic rings. The molecule has 0 fully saturated rings. The second kappa shape index (κ2) is 5.74. The molecule has 0 saturated heterocycles. The van der Waals surface area contributed by atoms with Crippen molar-refractivity contribution in [2.24, 2.45) is 5.73 Å². The van der Waals surface area contributed by atoms with Gasteiger partial charge in [-0.1, -0.05) is 23.7 Å². The van der Waals surface area contributed by atoms with Gasteiger partial charge in [0.15, 0.2) is 0 Å². The molecule has 0 aromatic heterocycles. The smallest absolute Gasteiger partial charge is 0.141 e. The monoisotopic (exact) mass is 325 g/mol. The molecule has 2 N–H and O–H groups in total. The second-order valence-corrected chi connectivity index (χ2v) is 5.27. The maximum absolute atomic E-state index is 5.90. The Morgan fingerprint density at radius 1 is 1.17 bits per heavy atom. The van der Waals surface area contributed by atoms with E-state index >= 15 is 0 Å². The summed E-state index contributed by atoms with van der Waals surface area (Å²) in [5, 5.41) is 0.668. The zero-order valence-corrected chi connectivity index (χ0v) is 12.3. The van der Waals surface area contributed by atoms with E-state index in [2.05, 4.69) is 15.9 Å². The number of ether oxygens (including phenoxy) is 1. The number of aryl methyl sites for hydroxylation is 1. The van der Waals surface area contributed by atoms with Gasteiger partial charge < -0.3 is 10.5 Å². The Kier molecular flexibility index (Phi) is 4.27. The van der Waals surface area contributed by atoms with Crippen LogP contribution in [0.5, 0.6) is 11.5 Å². The van der Waals surface area contributed by atoms with Crippen LogP contribution in [-0.2, 0) is 6.54 Å². The maximum atomic E-state index is 5.90. The predicted octanol–water partition coefficient (Wildman–Crippen LogP) is 4.66. The highest BCUT2D eigenvalue weighted by Crippen LogP contribution is 2.33. The van der Waals surface area contributed by atoms with Crippen molar-refractivity contribution in [2.45, 2.75) is 13.5 Å². The van der Waals surface area contributed by atoms with Crippen molar-refractivity contribution in [2.75, 3.05) is 0 Å². The third-order valence-corrected chi connectivity index (χ3v) is 3.46. The Hall–Kier alpha value is -1.03. The van der Waals surface area contributed by atoms with Crippen LogP contribution in [0.25, 0.3) is 0 Å². The molecule has 0 bridgehead atoms. The zero-order valence-electron chi connectivity index (χ0n) is 9.91. The van der Waals surface area contributed by atoms with Crippen molar-refractivity contribution >= 4 is 27.5 Å². The van der Waals surface area contributed by atoms with Crippen molar-refractivity contribution in [3.05, 3.63) is 57.0 Å². The van der Waals surface area contributed by atoms with Crippen LogP contribution in [-0.4, -0.2) is 0 Å². The number of halogens is 2. The van der Waals surface area contributed by atoms with E-state index in [1.165, 1.54) is 0 Å². The number of benzene rings is 2. The second-order valence-electron chi connectivity index (χ2n) is 3.98. The summed E-state index contributed by atoms with van der Waals surface area (Å²) in [6.07, 6.45) is 0. The minimum Gasteiger partial charge on any atom is -0.456 e. The van der Waals surface area contributed by atoms with Gasteiger partial charge in [0.25, 0.3) is 0 Å². The first-order valence-corrected chi connectivity index (χ1v) is 6.70. The maximum Gasteiger partial charge on any atom is 0.141 e. The zero-order chi connectivity index (χ0) is 13.1. The standard InChI is InChI=1S/C14H13BrClNO/c1-9-2-3-10(8-17)6-14(9)18-13-5-4-11(16)7-12(13)15/h2-7H,8,17H2,1H3. The summed E-state index contributed by atoms with van der Waals surface area (Å²) < 4.78 is 6.70. The lowest BCUT2D eigenvalue weighted by Crippen LogP contribution is -1.97. The Balaban J connectivity index is 2.33. The van der Waals surface area contributed by atoms with E-state index in [1.807, 2.05) is 31.2 Å². The molecule has 2 nitrogen and oxygen atoms in total. The lowest BCUT2D eigenvalue weighted by atomic mass is 10.1. The summed E-state index contributed by atoms with van der Waals surface area (Å²) in [6, 6.07) is 11.4. The van der Waals surface area contributed by atoms with E-state index < -0.39 is 0 Å². The summed E-state index contributed by atoms with van der Waals surface area (Å²) in [4.78, 5) is 0. The van der Waals surface area contributed by atoms with Crippen molar-refractivity contribution < 1.29 is 4.74 Å². The molecule has 0 aliphatic heterocycles. The van der Waals surface area contributed by atoms with Gasteiger partial charge in [0.05, 0.1) is 4.47 Å². The molecule has 0 aliphatic carbocycles. The van der Waals surface area contributed by atoms with Crippen LogP contribution in [0.2, 0.25) is 5.02 Å². The first kappa shape index (κ1) is 13.4. The number of hydrogen-bond donors (Lipinski definition) is 1. The summed E-state index contributed by atoms with van der Waals surface area (Å²) >= 11 is 9.33. The van der Waals surface area contributed by atoms with E-state index in [0.29, 0.717) is 11.6 Å². The van der Waals surface area contributed by atoms with Crippen LogP contribution in [0.1, 0.15) is 11.1 Å². The molecule has 94 valence electrons. The van der Waals surface area contributed by atoms with Gasteiger partial charge in [-0.05, 0) is 58.2 Å². The number of nitrogens with two attached hydrogens (primary N) is 1. The molecular weight excluding hydrogens is 314 g/mol. The average molecular weight is 327 g/mol. The van der Waals surface area contributed by atoms with Gasteiger partial charge in [0.1, 0.15) is 11.5 Å². The largest absolute Gasteiger partial charge is 0.456 e. The fourth-order valence-corrected chi connectivity index (χ4v) is 2.32. The van der Waals surface area contributed by atoms with Crippen LogP contribution in [0.15, 0.2) is 40.9 Å². The molecule has 0 radical (unpaired) electrons. The number of rotatable bonds is 3. The Morgan fingerprint density at radius 2 is 1.94 bits per heavy atom. The van der Waals surface area contributed by atoms with E-state index in [0.717, 1.165) is 27.1 Å². The minimum atomic E-state index is 0.498. The Labute approximate surface area is 120 Å². The molecule has 4 heteroatoms. The van der Waals surface area contributed by atoms with Crippen molar-refractivity contribution in [3.8, 4) is 11.5 Å². The molecule has 0 spiro atoms. The van der Waals surface area contributed by atoms with Gasteiger partial charge in [0.2, 0.25) is 0 Å². The first-order chi connectivity index (χ1) is 8.60. The molecule has 2 rings (SSSR count). The van der Waals surface area contributed by atoms with E-state index in [1.54, 1.807) is 12.1 Å². The van der Waals surface area contributed by atoms with E-state index in [9.17, 15) is 0 Å². The molecule has 0 atom stereocenters. The highest BCUT2D eigenvalue weighted by molar-refractivity contribution is 9.10. The lowest BCUT2D eigenvalue weighted by molar-refractivity contribution is 0.475. The van der Waals surface area contributed by atoms with Gasteiger partial charge in [-0.2, -0.15) is 0 Å². The van der Waals surface area contributed by atoms with Crippen LogP contribution in [0.3, 0.4) is 0 Å². The molecule has 0 amide bonds. The summed E-state index contributed by atoms with van der Waals surface area (Å²) in [5.74, 6) is 1.54. The molecule has 0 heterocycles. The SMILES string of the molecule is Cc1ccc(CN)cc1Oc1ccc(Cl)cc1Br. The van der Waals surface area contributed by atoms with Crippen molar-refractivity contribution in [1.29, 1.82) is 0 Å². The summed E-state index contributed by atoms with van der Waals surface area (Å²) in [5.41, 5.74) is 7.74. The highest BCUT2D eigenvalue weighted by atomic mass is 79.9. The highest BCUT2D eigenvalue weighted by Gasteiger charge is 2.06. The normalized spacial score (nSPS) is 10.4. The quantitative estimate of drug-likeness (QED) is 0.890. The van der Waals surface area contributed by atoms with Gasteiger partial charge in [-0.15, -0.1) is 0 Å².